The lowest BCUT2D eigenvalue weighted by molar-refractivity contribution is -0.387. The predicted octanol–water partition coefficient (Wildman–Crippen LogP) is 2.16. The van der Waals surface area contributed by atoms with Crippen LogP contribution in [-0.4, -0.2) is 33.5 Å². The van der Waals surface area contributed by atoms with Crippen LogP contribution in [0.15, 0.2) is 47.4 Å². The van der Waals surface area contributed by atoms with Gasteiger partial charge < -0.3 is 13.7 Å². The van der Waals surface area contributed by atoms with E-state index in [-0.39, 0.29) is 17.1 Å². The highest BCUT2D eigenvalue weighted by Crippen LogP contribution is 2.33. The van der Waals surface area contributed by atoms with Crippen molar-refractivity contribution in [1.82, 2.24) is 0 Å². The number of ether oxygens (including phenoxy) is 2. The summed E-state index contributed by atoms with van der Waals surface area (Å²) in [4.78, 5) is 21.1. The van der Waals surface area contributed by atoms with Crippen LogP contribution in [0.4, 0.5) is 5.69 Å². The summed E-state index contributed by atoms with van der Waals surface area (Å²) in [6.07, 6.45) is 0. The Balaban J connectivity index is 2.45. The van der Waals surface area contributed by atoms with Crippen molar-refractivity contribution in [3.05, 3.63) is 58.1 Å². The number of rotatable bonds is 6. The van der Waals surface area contributed by atoms with Crippen LogP contribution < -0.4 is 8.92 Å². The quantitative estimate of drug-likeness (QED) is 0.329. The third kappa shape index (κ3) is 3.86. The molecule has 0 amide bonds. The summed E-state index contributed by atoms with van der Waals surface area (Å²) in [5.74, 6) is -0.926. The van der Waals surface area contributed by atoms with Crippen molar-refractivity contribution in [1.29, 1.82) is 0 Å². The largest absolute Gasteiger partial charge is 0.493 e. The molecule has 2 aromatic rings. The maximum Gasteiger partial charge on any atom is 0.346 e. The monoisotopic (exact) mass is 367 g/mol. The number of carbonyl (C=O) groups excluding carboxylic acids is 1. The molecular formula is C15H13NO8S. The molecule has 10 heteroatoms. The number of esters is 1. The molecule has 0 radical (unpaired) electrons. The lowest BCUT2D eigenvalue weighted by atomic mass is 10.2. The minimum absolute atomic E-state index is 0.0509. The highest BCUT2D eigenvalue weighted by atomic mass is 32.2. The number of hydrogen-bond donors (Lipinski definition) is 0. The second kappa shape index (κ2) is 7.18. The second-order valence-electron chi connectivity index (χ2n) is 4.62. The maximum absolute atomic E-state index is 12.4. The summed E-state index contributed by atoms with van der Waals surface area (Å²) in [5.41, 5.74) is -0.498. The lowest BCUT2D eigenvalue weighted by Crippen LogP contribution is -2.13. The molecule has 0 aliphatic heterocycles. The van der Waals surface area contributed by atoms with Gasteiger partial charge in [0.05, 0.1) is 24.7 Å². The van der Waals surface area contributed by atoms with Crippen molar-refractivity contribution in [2.24, 2.45) is 0 Å². The fourth-order valence-corrected chi connectivity index (χ4v) is 3.07. The van der Waals surface area contributed by atoms with Crippen molar-refractivity contribution in [3.63, 3.8) is 0 Å². The smallest absolute Gasteiger partial charge is 0.346 e. The fraction of sp³-hybridized carbons (Fsp3) is 0.133. The van der Waals surface area contributed by atoms with Crippen molar-refractivity contribution >= 4 is 21.8 Å². The fourth-order valence-electron chi connectivity index (χ4n) is 1.96. The SMILES string of the molecule is COC(=O)c1ccc(OS(=O)(=O)c2ccccc2[N+](=O)[O-])c(OC)c1. The minimum Gasteiger partial charge on any atom is -0.493 e. The Morgan fingerprint density at radius 2 is 1.76 bits per heavy atom. The third-order valence-corrected chi connectivity index (χ3v) is 4.40. The first-order valence-corrected chi connectivity index (χ1v) is 8.15. The van der Waals surface area contributed by atoms with Crippen LogP contribution in [0.2, 0.25) is 0 Å². The van der Waals surface area contributed by atoms with Crippen LogP contribution in [0, 0.1) is 10.1 Å². The Kier molecular flexibility index (Phi) is 5.22. The summed E-state index contributed by atoms with van der Waals surface area (Å²) in [5, 5.41) is 11.0. The molecule has 25 heavy (non-hydrogen) atoms. The Hall–Kier alpha value is -3.14. The maximum atomic E-state index is 12.4. The molecule has 9 nitrogen and oxygen atoms in total. The van der Waals surface area contributed by atoms with Gasteiger partial charge in [-0.3, -0.25) is 10.1 Å². The third-order valence-electron chi connectivity index (χ3n) is 3.12. The average molecular weight is 367 g/mol. The van der Waals surface area contributed by atoms with Gasteiger partial charge in [-0.15, -0.1) is 0 Å². The molecule has 0 spiro atoms. The van der Waals surface area contributed by atoms with E-state index in [0.29, 0.717) is 0 Å². The standard InChI is InChI=1S/C15H13NO8S/c1-22-13-9-10(15(17)23-2)7-8-12(13)24-25(20,21)14-6-4-3-5-11(14)16(18)19/h3-9H,1-2H3. The van der Waals surface area contributed by atoms with E-state index in [9.17, 15) is 23.3 Å². The molecule has 0 aliphatic rings. The molecule has 132 valence electrons. The van der Waals surface area contributed by atoms with Gasteiger partial charge in [-0.1, -0.05) is 12.1 Å². The molecule has 2 rings (SSSR count). The predicted molar refractivity (Wildman–Crippen MR) is 85.2 cm³/mol. The molecule has 0 saturated heterocycles. The number of para-hydroxylation sites is 1. The second-order valence-corrected chi connectivity index (χ2v) is 6.13. The van der Waals surface area contributed by atoms with E-state index < -0.39 is 31.6 Å². The van der Waals surface area contributed by atoms with Gasteiger partial charge >= 0.3 is 16.1 Å². The number of nitro benzene ring substituents is 1. The molecule has 0 saturated carbocycles. The van der Waals surface area contributed by atoms with E-state index in [1.807, 2.05) is 0 Å². The summed E-state index contributed by atoms with van der Waals surface area (Å²) in [7, 11) is -2.05. The molecule has 0 aromatic heterocycles. The van der Waals surface area contributed by atoms with E-state index in [1.165, 1.54) is 44.6 Å². The number of benzene rings is 2. The Labute approximate surface area is 143 Å². The lowest BCUT2D eigenvalue weighted by Gasteiger charge is -2.11. The molecule has 0 fully saturated rings. The Morgan fingerprint density at radius 1 is 1.08 bits per heavy atom. The molecule has 0 bridgehead atoms. The van der Waals surface area contributed by atoms with Gasteiger partial charge in [0.25, 0.3) is 5.69 Å². The molecular weight excluding hydrogens is 354 g/mol. The zero-order valence-electron chi connectivity index (χ0n) is 13.2. The zero-order valence-corrected chi connectivity index (χ0v) is 14.0. The van der Waals surface area contributed by atoms with Gasteiger partial charge in [0.15, 0.2) is 16.4 Å². The number of hydrogen-bond acceptors (Lipinski definition) is 8. The molecule has 0 N–H and O–H groups in total. The van der Waals surface area contributed by atoms with Gasteiger partial charge in [0.2, 0.25) is 0 Å². The van der Waals surface area contributed by atoms with E-state index in [0.717, 1.165) is 12.1 Å². The summed E-state index contributed by atoms with van der Waals surface area (Å²) < 4.78 is 39.3. The first-order chi connectivity index (χ1) is 11.8. The van der Waals surface area contributed by atoms with Crippen LogP contribution in [0.5, 0.6) is 11.5 Å². The number of nitro groups is 1. The first-order valence-electron chi connectivity index (χ1n) is 6.74. The highest BCUT2D eigenvalue weighted by Gasteiger charge is 2.28. The van der Waals surface area contributed by atoms with Crippen molar-refractivity contribution in [2.45, 2.75) is 4.90 Å². The van der Waals surface area contributed by atoms with Gasteiger partial charge in [0, 0.05) is 6.07 Å². The minimum atomic E-state index is -4.50. The zero-order chi connectivity index (χ0) is 18.6. The van der Waals surface area contributed by atoms with Crippen molar-refractivity contribution in [2.75, 3.05) is 14.2 Å². The number of carbonyl (C=O) groups is 1. The van der Waals surface area contributed by atoms with Crippen molar-refractivity contribution in [3.8, 4) is 11.5 Å². The van der Waals surface area contributed by atoms with Gasteiger partial charge in [-0.25, -0.2) is 4.79 Å². The van der Waals surface area contributed by atoms with Crippen LogP contribution >= 0.6 is 0 Å². The van der Waals surface area contributed by atoms with E-state index in [4.69, 9.17) is 8.92 Å². The molecule has 0 atom stereocenters. The molecule has 0 aliphatic carbocycles. The summed E-state index contributed by atoms with van der Waals surface area (Å²) in [6, 6.07) is 8.48. The number of nitrogens with zero attached hydrogens (tertiary/aromatic N) is 1. The van der Waals surface area contributed by atoms with Crippen LogP contribution in [-0.2, 0) is 14.9 Å². The van der Waals surface area contributed by atoms with Crippen LogP contribution in [0.25, 0.3) is 0 Å². The topological polar surface area (TPSA) is 122 Å². The highest BCUT2D eigenvalue weighted by molar-refractivity contribution is 7.87. The number of methoxy groups -OCH3 is 2. The van der Waals surface area contributed by atoms with Gasteiger partial charge in [-0.2, -0.15) is 8.42 Å². The molecule has 2 aromatic carbocycles. The van der Waals surface area contributed by atoms with E-state index in [2.05, 4.69) is 4.74 Å². The summed E-state index contributed by atoms with van der Waals surface area (Å²) in [6.45, 7) is 0. The van der Waals surface area contributed by atoms with Gasteiger partial charge in [-0.05, 0) is 24.3 Å². The Morgan fingerprint density at radius 3 is 2.36 bits per heavy atom. The van der Waals surface area contributed by atoms with Crippen molar-refractivity contribution < 1.29 is 31.8 Å². The van der Waals surface area contributed by atoms with Crippen LogP contribution in [0.1, 0.15) is 10.4 Å². The Bertz CT molecular complexity index is 923. The van der Waals surface area contributed by atoms with Crippen LogP contribution in [0.3, 0.4) is 0 Å². The van der Waals surface area contributed by atoms with E-state index in [1.54, 1.807) is 0 Å². The molecule has 0 heterocycles. The average Bonchev–Trinajstić information content (AvgIpc) is 2.61. The molecule has 0 unspecified atom stereocenters. The summed E-state index contributed by atoms with van der Waals surface area (Å²) >= 11 is 0. The van der Waals surface area contributed by atoms with E-state index >= 15 is 0 Å². The first kappa shape index (κ1) is 18.2. The van der Waals surface area contributed by atoms with Gasteiger partial charge in [0.1, 0.15) is 0 Å². The normalized spacial score (nSPS) is 10.8.